The number of hydrogen-bond acceptors (Lipinski definition) is 3. The average Bonchev–Trinajstić information content (AvgIpc) is 3.15. The minimum atomic E-state index is -0.241. The fraction of sp³-hybridized carbons (Fsp3) is 0.667. The lowest BCUT2D eigenvalue weighted by molar-refractivity contribution is -0.0172. The van der Waals surface area contributed by atoms with E-state index in [-0.39, 0.29) is 12.6 Å². The number of rotatable bonds is 6. The SMILES string of the molecule is CCC(CC)C1CCN(C(=NC)NCCc2cc(F)cc3c2OCOC3)C1. The van der Waals surface area contributed by atoms with E-state index in [1.54, 1.807) is 6.07 Å². The molecule has 0 bridgehead atoms. The minimum Gasteiger partial charge on any atom is -0.467 e. The van der Waals surface area contributed by atoms with Gasteiger partial charge in [-0.1, -0.05) is 26.7 Å². The number of likely N-dealkylation sites (tertiary alicyclic amines) is 1. The lowest BCUT2D eigenvalue weighted by Gasteiger charge is -2.25. The zero-order valence-corrected chi connectivity index (χ0v) is 16.8. The molecule has 1 saturated heterocycles. The van der Waals surface area contributed by atoms with Gasteiger partial charge in [0.15, 0.2) is 12.8 Å². The van der Waals surface area contributed by atoms with Crippen molar-refractivity contribution in [1.29, 1.82) is 0 Å². The second-order valence-electron chi connectivity index (χ2n) is 7.46. The minimum absolute atomic E-state index is 0.228. The monoisotopic (exact) mass is 377 g/mol. The van der Waals surface area contributed by atoms with Gasteiger partial charge in [0.05, 0.1) is 6.61 Å². The lowest BCUT2D eigenvalue weighted by atomic mass is 9.87. The van der Waals surface area contributed by atoms with Gasteiger partial charge in [0.1, 0.15) is 11.6 Å². The third-order valence-corrected chi connectivity index (χ3v) is 5.88. The molecular formula is C21H32FN3O2. The van der Waals surface area contributed by atoms with Gasteiger partial charge in [0.25, 0.3) is 0 Å². The van der Waals surface area contributed by atoms with E-state index in [2.05, 4.69) is 29.1 Å². The van der Waals surface area contributed by atoms with Crippen LogP contribution in [0.4, 0.5) is 4.39 Å². The van der Waals surface area contributed by atoms with Gasteiger partial charge < -0.3 is 19.7 Å². The Balaban J connectivity index is 1.56. The molecule has 1 aromatic rings. The van der Waals surface area contributed by atoms with Gasteiger partial charge in [-0.3, -0.25) is 4.99 Å². The van der Waals surface area contributed by atoms with Gasteiger partial charge in [-0.05, 0) is 42.4 Å². The van der Waals surface area contributed by atoms with Gasteiger partial charge in [0.2, 0.25) is 0 Å². The highest BCUT2D eigenvalue weighted by atomic mass is 19.1. The van der Waals surface area contributed by atoms with Crippen LogP contribution < -0.4 is 10.1 Å². The summed E-state index contributed by atoms with van der Waals surface area (Å²) in [5.41, 5.74) is 1.67. The van der Waals surface area contributed by atoms with Crippen molar-refractivity contribution in [2.75, 3.05) is 33.5 Å². The summed E-state index contributed by atoms with van der Waals surface area (Å²) in [7, 11) is 1.83. The Bertz CT molecular complexity index is 661. The summed E-state index contributed by atoms with van der Waals surface area (Å²) in [4.78, 5) is 6.81. The van der Waals surface area contributed by atoms with Crippen molar-refractivity contribution in [2.45, 2.75) is 46.1 Å². The molecule has 2 aliphatic heterocycles. The van der Waals surface area contributed by atoms with Gasteiger partial charge in [0, 0.05) is 32.2 Å². The van der Waals surface area contributed by atoms with Crippen molar-refractivity contribution in [3.05, 3.63) is 29.1 Å². The van der Waals surface area contributed by atoms with Crippen molar-refractivity contribution in [3.63, 3.8) is 0 Å². The zero-order valence-electron chi connectivity index (χ0n) is 16.8. The molecular weight excluding hydrogens is 345 g/mol. The summed E-state index contributed by atoms with van der Waals surface area (Å²) >= 11 is 0. The maximum Gasteiger partial charge on any atom is 0.193 e. The number of benzene rings is 1. The molecule has 0 spiro atoms. The average molecular weight is 378 g/mol. The highest BCUT2D eigenvalue weighted by Gasteiger charge is 2.29. The van der Waals surface area contributed by atoms with Gasteiger partial charge >= 0.3 is 0 Å². The molecule has 6 heteroatoms. The lowest BCUT2D eigenvalue weighted by Crippen LogP contribution is -2.41. The first-order valence-corrected chi connectivity index (χ1v) is 10.1. The van der Waals surface area contributed by atoms with Crippen molar-refractivity contribution in [2.24, 2.45) is 16.8 Å². The molecule has 0 aliphatic carbocycles. The molecule has 2 heterocycles. The van der Waals surface area contributed by atoms with Crippen LogP contribution in [0.1, 0.15) is 44.2 Å². The molecule has 1 fully saturated rings. The molecule has 5 nitrogen and oxygen atoms in total. The molecule has 0 amide bonds. The van der Waals surface area contributed by atoms with Gasteiger partial charge in [-0.15, -0.1) is 0 Å². The van der Waals surface area contributed by atoms with Crippen LogP contribution >= 0.6 is 0 Å². The first-order chi connectivity index (χ1) is 13.2. The van der Waals surface area contributed by atoms with Gasteiger partial charge in [-0.2, -0.15) is 0 Å². The topological polar surface area (TPSA) is 46.1 Å². The number of guanidine groups is 1. The molecule has 3 rings (SSSR count). The number of fused-ring (bicyclic) bond motifs is 1. The number of aliphatic imine (C=N–C) groups is 1. The second-order valence-corrected chi connectivity index (χ2v) is 7.46. The number of nitrogens with one attached hydrogen (secondary N) is 1. The second kappa shape index (κ2) is 9.40. The predicted molar refractivity (Wildman–Crippen MR) is 106 cm³/mol. The molecule has 1 aromatic carbocycles. The van der Waals surface area contributed by atoms with Crippen molar-refractivity contribution < 1.29 is 13.9 Å². The highest BCUT2D eigenvalue weighted by Crippen LogP contribution is 2.30. The van der Waals surface area contributed by atoms with Crippen LogP contribution in [0.3, 0.4) is 0 Å². The normalized spacial score (nSPS) is 20.0. The predicted octanol–water partition coefficient (Wildman–Crippen LogP) is 3.57. The summed E-state index contributed by atoms with van der Waals surface area (Å²) in [5, 5.41) is 3.45. The summed E-state index contributed by atoms with van der Waals surface area (Å²) in [6.07, 6.45) is 4.41. The zero-order chi connectivity index (χ0) is 19.2. The maximum atomic E-state index is 13.9. The van der Waals surface area contributed by atoms with E-state index < -0.39 is 0 Å². The third kappa shape index (κ3) is 4.72. The fourth-order valence-corrected chi connectivity index (χ4v) is 4.40. The summed E-state index contributed by atoms with van der Waals surface area (Å²) in [5.74, 6) is 3.02. The molecule has 150 valence electrons. The van der Waals surface area contributed by atoms with E-state index in [1.807, 2.05) is 7.05 Å². The highest BCUT2D eigenvalue weighted by molar-refractivity contribution is 5.80. The van der Waals surface area contributed by atoms with E-state index in [0.29, 0.717) is 19.6 Å². The van der Waals surface area contributed by atoms with Crippen molar-refractivity contribution in [3.8, 4) is 5.75 Å². The van der Waals surface area contributed by atoms with Crippen LogP contribution in [0.25, 0.3) is 0 Å². The Morgan fingerprint density at radius 2 is 2.19 bits per heavy atom. The maximum absolute atomic E-state index is 13.9. The van der Waals surface area contributed by atoms with Crippen LogP contribution in [0, 0.1) is 17.7 Å². The smallest absolute Gasteiger partial charge is 0.193 e. The first-order valence-electron chi connectivity index (χ1n) is 10.1. The number of ether oxygens (including phenoxy) is 2. The van der Waals surface area contributed by atoms with E-state index in [0.717, 1.165) is 47.8 Å². The summed E-state index contributed by atoms with van der Waals surface area (Å²) < 4.78 is 24.7. The Morgan fingerprint density at radius 1 is 1.37 bits per heavy atom. The molecule has 27 heavy (non-hydrogen) atoms. The molecule has 2 aliphatic rings. The van der Waals surface area contributed by atoms with E-state index >= 15 is 0 Å². The number of hydrogen-bond donors (Lipinski definition) is 1. The molecule has 1 unspecified atom stereocenters. The standard InChI is InChI=1S/C21H32FN3O2/c1-4-15(5-2)17-7-9-25(12-17)21(23-3)24-8-6-16-10-19(22)11-18-13-26-14-27-20(16)18/h10-11,15,17H,4-9,12-14H2,1-3H3,(H,23,24). The van der Waals surface area contributed by atoms with Crippen LogP contribution in [0.2, 0.25) is 0 Å². The van der Waals surface area contributed by atoms with E-state index in [4.69, 9.17) is 9.47 Å². The largest absolute Gasteiger partial charge is 0.467 e. The molecule has 1 N–H and O–H groups in total. The Labute approximate surface area is 161 Å². The fourth-order valence-electron chi connectivity index (χ4n) is 4.40. The Kier molecular flexibility index (Phi) is 6.94. The summed E-state index contributed by atoms with van der Waals surface area (Å²) in [6, 6.07) is 3.06. The Morgan fingerprint density at radius 3 is 2.93 bits per heavy atom. The molecule has 1 atom stereocenters. The molecule has 0 radical (unpaired) electrons. The van der Waals surface area contributed by atoms with Crippen LogP contribution in [0.15, 0.2) is 17.1 Å². The van der Waals surface area contributed by atoms with Crippen LogP contribution in [-0.4, -0.2) is 44.3 Å². The van der Waals surface area contributed by atoms with E-state index in [9.17, 15) is 4.39 Å². The van der Waals surface area contributed by atoms with Crippen LogP contribution in [-0.2, 0) is 17.8 Å². The Hall–Kier alpha value is -1.82. The molecule has 0 saturated carbocycles. The molecule has 0 aromatic heterocycles. The number of nitrogens with zero attached hydrogens (tertiary/aromatic N) is 2. The van der Waals surface area contributed by atoms with Crippen molar-refractivity contribution in [1.82, 2.24) is 10.2 Å². The van der Waals surface area contributed by atoms with Crippen LogP contribution in [0.5, 0.6) is 5.75 Å². The number of halogens is 1. The summed E-state index contributed by atoms with van der Waals surface area (Å²) in [6.45, 7) is 8.02. The third-order valence-electron chi connectivity index (χ3n) is 5.88. The van der Waals surface area contributed by atoms with Gasteiger partial charge in [-0.25, -0.2) is 4.39 Å². The first kappa shape index (κ1) is 19.9. The van der Waals surface area contributed by atoms with E-state index in [1.165, 1.54) is 25.3 Å². The van der Waals surface area contributed by atoms with Crippen molar-refractivity contribution >= 4 is 5.96 Å². The quantitative estimate of drug-likeness (QED) is 0.608.